The number of rotatable bonds is 5. The Balaban J connectivity index is 2.59. The smallest absolute Gasteiger partial charge is 0.245 e. The fraction of sp³-hybridized carbons (Fsp3) is 0.545. The third-order valence-electron chi connectivity index (χ3n) is 2.56. The number of aromatic nitrogens is 1. The molecule has 0 bridgehead atoms. The molecule has 0 saturated carbocycles. The van der Waals surface area contributed by atoms with E-state index >= 15 is 0 Å². The standard InChI is InChI=1S/C11H18N2O3S/c1-11(2,13-7-4-5-8-13)10(14)12-6-9-17(3,15)16/h4-5,7-8H,6,9H2,1-3H3,(H,12,14). The van der Waals surface area contributed by atoms with Gasteiger partial charge in [-0.25, -0.2) is 8.42 Å². The van der Waals surface area contributed by atoms with Crippen LogP contribution in [0.3, 0.4) is 0 Å². The van der Waals surface area contributed by atoms with Gasteiger partial charge in [0.2, 0.25) is 5.91 Å². The Bertz CT molecular complexity index is 475. The van der Waals surface area contributed by atoms with Crippen LogP contribution in [0.5, 0.6) is 0 Å². The molecular weight excluding hydrogens is 240 g/mol. The predicted molar refractivity (Wildman–Crippen MR) is 66.5 cm³/mol. The van der Waals surface area contributed by atoms with Crippen LogP contribution in [-0.2, 0) is 20.2 Å². The molecule has 0 spiro atoms. The van der Waals surface area contributed by atoms with Crippen molar-refractivity contribution in [1.82, 2.24) is 9.88 Å². The summed E-state index contributed by atoms with van der Waals surface area (Å²) in [6, 6.07) is 3.68. The minimum Gasteiger partial charge on any atom is -0.353 e. The van der Waals surface area contributed by atoms with Gasteiger partial charge in [-0.05, 0) is 26.0 Å². The van der Waals surface area contributed by atoms with E-state index in [1.165, 1.54) is 0 Å². The fourth-order valence-corrected chi connectivity index (χ4v) is 1.86. The maximum atomic E-state index is 11.9. The van der Waals surface area contributed by atoms with Crippen molar-refractivity contribution in [2.75, 3.05) is 18.6 Å². The Kier molecular flexibility index (Phi) is 3.98. The third kappa shape index (κ3) is 3.89. The lowest BCUT2D eigenvalue weighted by Crippen LogP contribution is -2.45. The second-order valence-corrected chi connectivity index (χ2v) is 6.79. The van der Waals surface area contributed by atoms with Crippen molar-refractivity contribution in [1.29, 1.82) is 0 Å². The number of amides is 1. The summed E-state index contributed by atoms with van der Waals surface area (Å²) >= 11 is 0. The van der Waals surface area contributed by atoms with Crippen LogP contribution >= 0.6 is 0 Å². The molecule has 1 aromatic rings. The molecule has 0 aliphatic heterocycles. The Hall–Kier alpha value is -1.30. The fourth-order valence-electron chi connectivity index (χ4n) is 1.39. The molecule has 1 aromatic heterocycles. The largest absolute Gasteiger partial charge is 0.353 e. The van der Waals surface area contributed by atoms with E-state index in [0.717, 1.165) is 6.26 Å². The van der Waals surface area contributed by atoms with Crippen molar-refractivity contribution in [3.63, 3.8) is 0 Å². The number of carbonyl (C=O) groups excluding carboxylic acids is 1. The number of sulfone groups is 1. The lowest BCUT2D eigenvalue weighted by atomic mass is 10.0. The maximum Gasteiger partial charge on any atom is 0.245 e. The first kappa shape index (κ1) is 13.8. The van der Waals surface area contributed by atoms with Crippen molar-refractivity contribution in [3.05, 3.63) is 24.5 Å². The molecule has 0 aliphatic rings. The highest BCUT2D eigenvalue weighted by Gasteiger charge is 2.28. The second kappa shape index (κ2) is 4.91. The van der Waals surface area contributed by atoms with E-state index in [2.05, 4.69) is 5.32 Å². The summed E-state index contributed by atoms with van der Waals surface area (Å²) in [6.07, 6.45) is 4.75. The van der Waals surface area contributed by atoms with Crippen molar-refractivity contribution in [3.8, 4) is 0 Å². The Morgan fingerprint density at radius 1 is 1.29 bits per heavy atom. The minimum atomic E-state index is -3.04. The van der Waals surface area contributed by atoms with Gasteiger partial charge >= 0.3 is 0 Å². The van der Waals surface area contributed by atoms with Crippen LogP contribution in [0.2, 0.25) is 0 Å². The third-order valence-corrected chi connectivity index (χ3v) is 3.51. The van der Waals surface area contributed by atoms with Crippen molar-refractivity contribution in [2.24, 2.45) is 0 Å². The molecule has 17 heavy (non-hydrogen) atoms. The normalized spacial score (nSPS) is 12.4. The summed E-state index contributed by atoms with van der Waals surface area (Å²) in [6.45, 7) is 3.70. The Labute approximate surface area is 102 Å². The Morgan fingerprint density at radius 2 is 1.82 bits per heavy atom. The van der Waals surface area contributed by atoms with E-state index in [9.17, 15) is 13.2 Å². The molecule has 0 aromatic carbocycles. The zero-order valence-corrected chi connectivity index (χ0v) is 11.1. The molecule has 5 nitrogen and oxygen atoms in total. The molecular formula is C11H18N2O3S. The van der Waals surface area contributed by atoms with Gasteiger partial charge in [-0.15, -0.1) is 0 Å². The topological polar surface area (TPSA) is 68.2 Å². The van der Waals surface area contributed by atoms with Gasteiger partial charge in [-0.1, -0.05) is 0 Å². The maximum absolute atomic E-state index is 11.9. The average Bonchev–Trinajstić information content (AvgIpc) is 2.68. The molecule has 0 unspecified atom stereocenters. The van der Waals surface area contributed by atoms with Gasteiger partial charge in [0.25, 0.3) is 0 Å². The SMILES string of the molecule is CC(C)(C(=O)NCCS(C)(=O)=O)n1cccc1. The van der Waals surface area contributed by atoms with Crippen molar-refractivity contribution >= 4 is 15.7 Å². The number of carbonyl (C=O) groups is 1. The average molecular weight is 258 g/mol. The van der Waals surface area contributed by atoms with Gasteiger partial charge in [0.05, 0.1) is 5.75 Å². The van der Waals surface area contributed by atoms with Gasteiger partial charge in [0.1, 0.15) is 15.4 Å². The molecule has 0 fully saturated rings. The molecule has 96 valence electrons. The van der Waals surface area contributed by atoms with Gasteiger partial charge in [-0.2, -0.15) is 0 Å². The highest BCUT2D eigenvalue weighted by molar-refractivity contribution is 7.90. The first-order valence-corrected chi connectivity index (χ1v) is 7.39. The monoisotopic (exact) mass is 258 g/mol. The van der Waals surface area contributed by atoms with E-state index in [1.54, 1.807) is 30.8 Å². The van der Waals surface area contributed by atoms with Crippen LogP contribution in [0, 0.1) is 0 Å². The number of nitrogens with one attached hydrogen (secondary N) is 1. The van der Waals surface area contributed by atoms with Crippen molar-refractivity contribution < 1.29 is 13.2 Å². The minimum absolute atomic E-state index is 0.0412. The van der Waals surface area contributed by atoms with Gasteiger partial charge in [-0.3, -0.25) is 4.79 Å². The second-order valence-electron chi connectivity index (χ2n) is 4.54. The highest BCUT2D eigenvalue weighted by atomic mass is 32.2. The number of hydrogen-bond donors (Lipinski definition) is 1. The summed E-state index contributed by atoms with van der Waals surface area (Å²) in [4.78, 5) is 11.9. The summed E-state index contributed by atoms with van der Waals surface area (Å²) in [5.74, 6) is -0.238. The van der Waals surface area contributed by atoms with Crippen LogP contribution in [0.25, 0.3) is 0 Å². The molecule has 1 rings (SSSR count). The lowest BCUT2D eigenvalue weighted by molar-refractivity contribution is -0.128. The number of hydrogen-bond acceptors (Lipinski definition) is 3. The van der Waals surface area contributed by atoms with E-state index in [4.69, 9.17) is 0 Å². The summed E-state index contributed by atoms with van der Waals surface area (Å²) in [7, 11) is -3.04. The van der Waals surface area contributed by atoms with E-state index in [1.807, 2.05) is 12.1 Å². The van der Waals surface area contributed by atoms with E-state index in [0.29, 0.717) is 0 Å². The summed E-state index contributed by atoms with van der Waals surface area (Å²) < 4.78 is 23.6. The van der Waals surface area contributed by atoms with E-state index in [-0.39, 0.29) is 18.2 Å². The molecule has 0 aliphatic carbocycles. The lowest BCUT2D eigenvalue weighted by Gasteiger charge is -2.25. The first-order chi connectivity index (χ1) is 7.73. The molecule has 1 N–H and O–H groups in total. The van der Waals surface area contributed by atoms with Gasteiger partial charge in [0, 0.05) is 25.2 Å². The van der Waals surface area contributed by atoms with Crippen LogP contribution in [-0.4, -0.2) is 37.4 Å². The quantitative estimate of drug-likeness (QED) is 0.830. The molecule has 1 heterocycles. The van der Waals surface area contributed by atoms with Crippen LogP contribution in [0.1, 0.15) is 13.8 Å². The zero-order chi connectivity index (χ0) is 13.1. The van der Waals surface area contributed by atoms with E-state index < -0.39 is 15.4 Å². The predicted octanol–water partition coefficient (Wildman–Crippen LogP) is 0.384. The number of nitrogens with zero attached hydrogens (tertiary/aromatic N) is 1. The molecule has 0 radical (unpaired) electrons. The molecule has 0 saturated heterocycles. The van der Waals surface area contributed by atoms with Crippen LogP contribution < -0.4 is 5.32 Å². The summed E-state index contributed by atoms with van der Waals surface area (Å²) in [5, 5.41) is 2.63. The summed E-state index contributed by atoms with van der Waals surface area (Å²) in [5.41, 5.74) is -0.721. The highest BCUT2D eigenvalue weighted by Crippen LogP contribution is 2.14. The Morgan fingerprint density at radius 3 is 2.29 bits per heavy atom. The van der Waals surface area contributed by atoms with Crippen LogP contribution in [0.4, 0.5) is 0 Å². The molecule has 6 heteroatoms. The first-order valence-electron chi connectivity index (χ1n) is 5.33. The molecule has 1 amide bonds. The van der Waals surface area contributed by atoms with Crippen LogP contribution in [0.15, 0.2) is 24.5 Å². The van der Waals surface area contributed by atoms with Gasteiger partial charge in [0.15, 0.2) is 0 Å². The molecule has 0 atom stereocenters. The van der Waals surface area contributed by atoms with Gasteiger partial charge < -0.3 is 9.88 Å². The zero-order valence-electron chi connectivity index (χ0n) is 10.3. The van der Waals surface area contributed by atoms with Crippen molar-refractivity contribution in [2.45, 2.75) is 19.4 Å².